The third kappa shape index (κ3) is 6.06. The standard InChI is InChI=1S/C33H33ClF4N2O3/c1-32(2,3)23-13-18(16-39)26(29(36)30(23)42-31(37)38)27-22-15-33(19-7-5-4-6-8-19,43-25(22)14-24(35)28(27)34)17-40-20-9-11-21(41)12-10-20/h4-8,13-14,20-21,31,40-41H,9-12,15,17H2,1-3H3/t20-,21-,33-/m1/s1. The van der Waals surface area contributed by atoms with E-state index >= 15 is 8.78 Å². The third-order valence-corrected chi connectivity index (χ3v) is 8.70. The molecule has 0 amide bonds. The van der Waals surface area contributed by atoms with E-state index in [-0.39, 0.29) is 41.0 Å². The fourth-order valence-corrected chi connectivity index (χ4v) is 6.38. The van der Waals surface area contributed by atoms with Crippen LogP contribution in [0.5, 0.6) is 11.5 Å². The van der Waals surface area contributed by atoms with Gasteiger partial charge >= 0.3 is 6.61 Å². The van der Waals surface area contributed by atoms with Gasteiger partial charge in [-0.15, -0.1) is 0 Å². The van der Waals surface area contributed by atoms with Gasteiger partial charge in [-0.2, -0.15) is 14.0 Å². The van der Waals surface area contributed by atoms with Gasteiger partial charge in [0.1, 0.15) is 11.6 Å². The van der Waals surface area contributed by atoms with Gasteiger partial charge in [-0.05, 0) is 42.7 Å². The molecule has 2 aliphatic rings. The van der Waals surface area contributed by atoms with Crippen molar-refractivity contribution in [1.29, 1.82) is 5.26 Å². The van der Waals surface area contributed by atoms with Gasteiger partial charge in [0.25, 0.3) is 0 Å². The van der Waals surface area contributed by atoms with Crippen LogP contribution < -0.4 is 14.8 Å². The fourth-order valence-electron chi connectivity index (χ4n) is 6.12. The molecule has 1 atom stereocenters. The molecule has 5 rings (SSSR count). The van der Waals surface area contributed by atoms with Crippen LogP contribution in [0.15, 0.2) is 42.5 Å². The number of nitriles is 1. The van der Waals surface area contributed by atoms with E-state index < -0.39 is 45.6 Å². The van der Waals surface area contributed by atoms with Crippen LogP contribution in [0.2, 0.25) is 5.02 Å². The first-order valence-electron chi connectivity index (χ1n) is 14.2. The minimum atomic E-state index is -3.34. The highest BCUT2D eigenvalue weighted by Crippen LogP contribution is 2.51. The summed E-state index contributed by atoms with van der Waals surface area (Å²) in [5.41, 5.74) is -1.49. The Balaban J connectivity index is 1.67. The maximum absolute atomic E-state index is 16.4. The molecular formula is C33H33ClF4N2O3. The van der Waals surface area contributed by atoms with Gasteiger partial charge < -0.3 is 19.9 Å². The zero-order valence-corrected chi connectivity index (χ0v) is 24.9. The molecule has 43 heavy (non-hydrogen) atoms. The number of aliphatic hydroxyl groups excluding tert-OH is 1. The monoisotopic (exact) mass is 616 g/mol. The van der Waals surface area contributed by atoms with Gasteiger partial charge in [-0.1, -0.05) is 62.7 Å². The van der Waals surface area contributed by atoms with Crippen LogP contribution in [0.25, 0.3) is 11.1 Å². The lowest BCUT2D eigenvalue weighted by molar-refractivity contribution is -0.0532. The van der Waals surface area contributed by atoms with Crippen molar-refractivity contribution in [3.63, 3.8) is 0 Å². The average Bonchev–Trinajstić information content (AvgIpc) is 3.33. The van der Waals surface area contributed by atoms with Gasteiger partial charge in [0.05, 0.1) is 22.8 Å². The van der Waals surface area contributed by atoms with Gasteiger partial charge in [0.15, 0.2) is 17.2 Å². The number of nitrogens with one attached hydrogen (secondary N) is 1. The van der Waals surface area contributed by atoms with Gasteiger partial charge in [0.2, 0.25) is 0 Å². The molecule has 2 N–H and O–H groups in total. The topological polar surface area (TPSA) is 74.5 Å². The lowest BCUT2D eigenvalue weighted by atomic mass is 9.81. The summed E-state index contributed by atoms with van der Waals surface area (Å²) in [6, 6.07) is 13.8. The summed E-state index contributed by atoms with van der Waals surface area (Å²) in [6.07, 6.45) is 2.69. The number of aliphatic hydroxyl groups is 1. The van der Waals surface area contributed by atoms with Gasteiger partial charge in [-0.3, -0.25) is 0 Å². The van der Waals surface area contributed by atoms with Crippen LogP contribution in [0.4, 0.5) is 17.6 Å². The molecule has 10 heteroatoms. The zero-order chi connectivity index (χ0) is 31.1. The normalized spacial score (nSPS) is 21.8. The van der Waals surface area contributed by atoms with Crippen LogP contribution in [0.3, 0.4) is 0 Å². The molecule has 1 aliphatic carbocycles. The largest absolute Gasteiger partial charge is 0.480 e. The van der Waals surface area contributed by atoms with Crippen molar-refractivity contribution in [3.8, 4) is 28.7 Å². The Morgan fingerprint density at radius 1 is 1.12 bits per heavy atom. The van der Waals surface area contributed by atoms with Crippen LogP contribution >= 0.6 is 11.6 Å². The van der Waals surface area contributed by atoms with Crippen molar-refractivity contribution in [2.24, 2.45) is 0 Å². The first-order chi connectivity index (χ1) is 20.3. The van der Waals surface area contributed by atoms with E-state index in [2.05, 4.69) is 10.1 Å². The molecule has 0 bridgehead atoms. The number of fused-ring (bicyclic) bond motifs is 1. The summed E-state index contributed by atoms with van der Waals surface area (Å²) in [7, 11) is 0. The summed E-state index contributed by atoms with van der Waals surface area (Å²) < 4.78 is 70.0. The minimum Gasteiger partial charge on any atom is -0.480 e. The number of hydrogen-bond donors (Lipinski definition) is 2. The van der Waals surface area contributed by atoms with E-state index in [1.807, 2.05) is 36.4 Å². The van der Waals surface area contributed by atoms with Crippen LogP contribution in [0.1, 0.15) is 68.7 Å². The number of alkyl halides is 2. The van der Waals surface area contributed by atoms with Gasteiger partial charge in [0, 0.05) is 47.3 Å². The van der Waals surface area contributed by atoms with E-state index in [1.54, 1.807) is 20.8 Å². The van der Waals surface area contributed by atoms with E-state index in [1.165, 1.54) is 6.07 Å². The van der Waals surface area contributed by atoms with E-state index in [4.69, 9.17) is 16.3 Å². The Hall–Kier alpha value is -3.32. The van der Waals surface area contributed by atoms with E-state index in [9.17, 15) is 19.1 Å². The third-order valence-electron chi connectivity index (χ3n) is 8.33. The lowest BCUT2D eigenvalue weighted by Crippen LogP contribution is -2.46. The minimum absolute atomic E-state index is 0.0615. The number of hydrogen-bond acceptors (Lipinski definition) is 5. The van der Waals surface area contributed by atoms with Crippen molar-refractivity contribution in [3.05, 3.63) is 81.4 Å². The molecule has 0 radical (unpaired) electrons. The second-order valence-corrected chi connectivity index (χ2v) is 12.7. The second-order valence-electron chi connectivity index (χ2n) is 12.3. The average molecular weight is 617 g/mol. The summed E-state index contributed by atoms with van der Waals surface area (Å²) in [6.45, 7) is 1.99. The Morgan fingerprint density at radius 3 is 2.40 bits per heavy atom. The molecule has 0 saturated heterocycles. The predicted molar refractivity (Wildman–Crippen MR) is 156 cm³/mol. The van der Waals surface area contributed by atoms with Gasteiger partial charge in [-0.25, -0.2) is 8.78 Å². The van der Waals surface area contributed by atoms with Crippen molar-refractivity contribution in [1.82, 2.24) is 5.32 Å². The van der Waals surface area contributed by atoms with Crippen molar-refractivity contribution in [2.75, 3.05) is 6.54 Å². The summed E-state index contributed by atoms with van der Waals surface area (Å²) in [4.78, 5) is 0. The Labute approximate surface area is 253 Å². The van der Waals surface area contributed by atoms with Crippen LogP contribution in [-0.2, 0) is 17.4 Å². The number of rotatable bonds is 7. The molecule has 0 aromatic heterocycles. The Bertz CT molecular complexity index is 1550. The van der Waals surface area contributed by atoms with Crippen molar-refractivity contribution >= 4 is 11.6 Å². The number of ether oxygens (including phenoxy) is 2. The molecule has 1 saturated carbocycles. The smallest absolute Gasteiger partial charge is 0.387 e. The quantitative estimate of drug-likeness (QED) is 0.265. The number of benzene rings is 3. The lowest BCUT2D eigenvalue weighted by Gasteiger charge is -2.34. The van der Waals surface area contributed by atoms with Crippen molar-refractivity contribution < 1.29 is 32.1 Å². The maximum Gasteiger partial charge on any atom is 0.387 e. The zero-order valence-electron chi connectivity index (χ0n) is 24.1. The Kier molecular flexibility index (Phi) is 8.68. The molecular weight excluding hydrogens is 584 g/mol. The predicted octanol–water partition coefficient (Wildman–Crippen LogP) is 7.78. The first-order valence-corrected chi connectivity index (χ1v) is 14.6. The molecule has 228 valence electrons. The SMILES string of the molecule is CC(C)(C)c1cc(C#N)c(-c2c(Cl)c(F)cc3c2C[C@@](CN[C@H]2CC[C@H](O)CC2)(c2ccccc2)O3)c(F)c1OC(F)F. The molecule has 3 aromatic carbocycles. The van der Waals surface area contributed by atoms with E-state index in [0.29, 0.717) is 24.9 Å². The highest BCUT2D eigenvalue weighted by atomic mass is 35.5. The van der Waals surface area contributed by atoms with Crippen LogP contribution in [-0.4, -0.2) is 30.4 Å². The summed E-state index contributed by atoms with van der Waals surface area (Å²) in [5.74, 6) is -2.75. The van der Waals surface area contributed by atoms with E-state index in [0.717, 1.165) is 24.5 Å². The summed E-state index contributed by atoms with van der Waals surface area (Å²) >= 11 is 6.52. The molecule has 5 nitrogen and oxygen atoms in total. The highest BCUT2D eigenvalue weighted by molar-refractivity contribution is 6.34. The number of nitrogens with zero attached hydrogens (tertiary/aromatic N) is 1. The molecule has 3 aromatic rings. The maximum atomic E-state index is 16.4. The molecule has 1 fully saturated rings. The second kappa shape index (κ2) is 12.0. The Morgan fingerprint density at radius 2 is 1.79 bits per heavy atom. The molecule has 0 unspecified atom stereocenters. The van der Waals surface area contributed by atoms with Crippen LogP contribution in [0, 0.1) is 23.0 Å². The number of halogens is 5. The molecule has 1 aliphatic heterocycles. The highest BCUT2D eigenvalue weighted by Gasteiger charge is 2.45. The summed E-state index contributed by atoms with van der Waals surface area (Å²) in [5, 5.41) is 23.1. The fraction of sp³-hybridized carbons (Fsp3) is 0.424. The molecule has 1 heterocycles. The van der Waals surface area contributed by atoms with Crippen molar-refractivity contribution in [2.45, 2.75) is 82.6 Å². The molecule has 0 spiro atoms. The first kappa shape index (κ1) is 31.1.